The van der Waals surface area contributed by atoms with Gasteiger partial charge in [-0.3, -0.25) is 0 Å². The Morgan fingerprint density at radius 3 is 2.42 bits per heavy atom. The fourth-order valence-electron chi connectivity index (χ4n) is 2.18. The van der Waals surface area contributed by atoms with E-state index in [2.05, 4.69) is 18.7 Å². The lowest BCUT2D eigenvalue weighted by Gasteiger charge is -2.35. The first kappa shape index (κ1) is 8.55. The zero-order valence-electron chi connectivity index (χ0n) is 8.42. The molecule has 2 rings (SSSR count). The van der Waals surface area contributed by atoms with E-state index in [0.717, 1.165) is 17.8 Å². The lowest BCUT2D eigenvalue weighted by Crippen LogP contribution is -2.39. The van der Waals surface area contributed by atoms with Crippen molar-refractivity contribution in [1.82, 2.24) is 4.90 Å². The van der Waals surface area contributed by atoms with Gasteiger partial charge in [0.25, 0.3) is 0 Å². The summed E-state index contributed by atoms with van der Waals surface area (Å²) in [5, 5.41) is 0. The van der Waals surface area contributed by atoms with Crippen LogP contribution in [0.1, 0.15) is 33.1 Å². The van der Waals surface area contributed by atoms with E-state index in [-0.39, 0.29) is 0 Å². The van der Waals surface area contributed by atoms with Crippen molar-refractivity contribution in [3.63, 3.8) is 0 Å². The summed E-state index contributed by atoms with van der Waals surface area (Å²) in [6, 6.07) is 0. The molecule has 70 valence electrons. The quantitative estimate of drug-likeness (QED) is 0.610. The van der Waals surface area contributed by atoms with E-state index < -0.39 is 0 Å². The largest absolute Gasteiger partial charge is 0.303 e. The normalized spacial score (nSPS) is 38.5. The first-order valence-corrected chi connectivity index (χ1v) is 5.48. The second kappa shape index (κ2) is 3.37. The molecule has 1 saturated heterocycles. The van der Waals surface area contributed by atoms with Crippen LogP contribution in [0.2, 0.25) is 0 Å². The minimum atomic E-state index is 0.928. The van der Waals surface area contributed by atoms with Crippen LogP contribution >= 0.6 is 0 Å². The van der Waals surface area contributed by atoms with Crippen LogP contribution < -0.4 is 0 Å². The van der Waals surface area contributed by atoms with E-state index in [1.807, 2.05) is 0 Å². The van der Waals surface area contributed by atoms with Gasteiger partial charge in [0, 0.05) is 13.1 Å². The summed E-state index contributed by atoms with van der Waals surface area (Å²) in [6.07, 6.45) is 4.43. The molecule has 0 N–H and O–H groups in total. The predicted molar refractivity (Wildman–Crippen MR) is 52.1 cm³/mol. The lowest BCUT2D eigenvalue weighted by atomic mass is 9.88. The number of likely N-dealkylation sites (tertiary alicyclic amines) is 1. The van der Waals surface area contributed by atoms with Gasteiger partial charge in [0.2, 0.25) is 0 Å². The molecule has 0 amide bonds. The summed E-state index contributed by atoms with van der Waals surface area (Å²) in [6.45, 7) is 8.93. The molecular weight excluding hydrogens is 146 g/mol. The van der Waals surface area contributed by atoms with E-state index in [0.29, 0.717) is 0 Å². The zero-order chi connectivity index (χ0) is 8.55. The van der Waals surface area contributed by atoms with Gasteiger partial charge >= 0.3 is 0 Å². The van der Waals surface area contributed by atoms with Crippen LogP contribution in [0.25, 0.3) is 0 Å². The van der Waals surface area contributed by atoms with Crippen molar-refractivity contribution in [2.24, 2.45) is 17.8 Å². The van der Waals surface area contributed by atoms with Crippen LogP contribution in [-0.2, 0) is 0 Å². The van der Waals surface area contributed by atoms with Crippen molar-refractivity contribution in [3.05, 3.63) is 0 Å². The Hall–Kier alpha value is -0.0400. The van der Waals surface area contributed by atoms with Crippen LogP contribution in [0.5, 0.6) is 0 Å². The third kappa shape index (κ3) is 2.01. The average molecular weight is 167 g/mol. The molecule has 1 saturated carbocycles. The second-order valence-electron chi connectivity index (χ2n) is 4.95. The highest BCUT2D eigenvalue weighted by atomic mass is 15.1. The Kier molecular flexibility index (Phi) is 2.40. The molecule has 1 aliphatic heterocycles. The summed E-state index contributed by atoms with van der Waals surface area (Å²) in [7, 11) is 0. The zero-order valence-corrected chi connectivity index (χ0v) is 8.42. The van der Waals surface area contributed by atoms with Gasteiger partial charge in [0.1, 0.15) is 0 Å². The third-order valence-corrected chi connectivity index (χ3v) is 3.63. The number of piperidine rings is 1. The third-order valence-electron chi connectivity index (χ3n) is 3.63. The van der Waals surface area contributed by atoms with Gasteiger partial charge in [-0.05, 0) is 43.6 Å². The Labute approximate surface area is 76.1 Å². The maximum atomic E-state index is 2.68. The monoisotopic (exact) mass is 167 g/mol. The molecule has 1 heterocycles. The minimum Gasteiger partial charge on any atom is -0.303 e. The molecule has 1 nitrogen and oxygen atoms in total. The van der Waals surface area contributed by atoms with Crippen molar-refractivity contribution in [3.8, 4) is 0 Å². The van der Waals surface area contributed by atoms with Crippen LogP contribution in [0, 0.1) is 17.8 Å². The van der Waals surface area contributed by atoms with Crippen LogP contribution in [0.3, 0.4) is 0 Å². The Morgan fingerprint density at radius 2 is 1.83 bits per heavy atom. The van der Waals surface area contributed by atoms with Crippen molar-refractivity contribution >= 4 is 0 Å². The van der Waals surface area contributed by atoms with E-state index in [1.54, 1.807) is 0 Å². The Morgan fingerprint density at radius 1 is 1.08 bits per heavy atom. The Bertz CT molecular complexity index is 151. The fourth-order valence-corrected chi connectivity index (χ4v) is 2.18. The number of rotatable bonds is 2. The molecule has 2 unspecified atom stereocenters. The van der Waals surface area contributed by atoms with Crippen molar-refractivity contribution in [2.75, 3.05) is 19.6 Å². The molecule has 12 heavy (non-hydrogen) atoms. The van der Waals surface area contributed by atoms with E-state index >= 15 is 0 Å². The SMILES string of the molecule is CC1CCN(CC2CC2)CC1C. The van der Waals surface area contributed by atoms with Crippen molar-refractivity contribution in [2.45, 2.75) is 33.1 Å². The van der Waals surface area contributed by atoms with E-state index in [4.69, 9.17) is 0 Å². The summed E-state index contributed by atoms with van der Waals surface area (Å²) in [5.74, 6) is 2.96. The molecule has 0 bridgehead atoms. The highest BCUT2D eigenvalue weighted by Crippen LogP contribution is 2.32. The van der Waals surface area contributed by atoms with Crippen molar-refractivity contribution < 1.29 is 0 Å². The molecule has 2 aliphatic rings. The summed E-state index contributed by atoms with van der Waals surface area (Å²) in [5.41, 5.74) is 0. The van der Waals surface area contributed by atoms with Gasteiger partial charge in [-0.2, -0.15) is 0 Å². The number of hydrogen-bond acceptors (Lipinski definition) is 1. The molecule has 0 radical (unpaired) electrons. The van der Waals surface area contributed by atoms with Gasteiger partial charge in [-0.1, -0.05) is 13.8 Å². The number of nitrogens with zero attached hydrogens (tertiary/aromatic N) is 1. The summed E-state index contributed by atoms with van der Waals surface area (Å²) >= 11 is 0. The maximum absolute atomic E-state index is 2.68. The van der Waals surface area contributed by atoms with E-state index in [1.165, 1.54) is 38.9 Å². The van der Waals surface area contributed by atoms with Gasteiger partial charge in [-0.15, -0.1) is 0 Å². The molecule has 1 aliphatic carbocycles. The second-order valence-corrected chi connectivity index (χ2v) is 4.95. The van der Waals surface area contributed by atoms with Gasteiger partial charge in [0.15, 0.2) is 0 Å². The van der Waals surface area contributed by atoms with Crippen LogP contribution in [0.4, 0.5) is 0 Å². The van der Waals surface area contributed by atoms with Crippen molar-refractivity contribution in [1.29, 1.82) is 0 Å². The maximum Gasteiger partial charge on any atom is 0.000978 e. The minimum absolute atomic E-state index is 0.928. The van der Waals surface area contributed by atoms with Gasteiger partial charge < -0.3 is 4.90 Å². The molecule has 1 heteroatoms. The highest BCUT2D eigenvalue weighted by molar-refractivity contribution is 4.81. The lowest BCUT2D eigenvalue weighted by molar-refractivity contribution is 0.134. The number of hydrogen-bond donors (Lipinski definition) is 0. The standard InChI is InChI=1S/C11H21N/c1-9-5-6-12(7-10(9)2)8-11-3-4-11/h9-11H,3-8H2,1-2H3. The van der Waals surface area contributed by atoms with Crippen LogP contribution in [-0.4, -0.2) is 24.5 Å². The first-order chi connectivity index (χ1) is 5.75. The summed E-state index contributed by atoms with van der Waals surface area (Å²) in [4.78, 5) is 2.68. The van der Waals surface area contributed by atoms with Crippen LogP contribution in [0.15, 0.2) is 0 Å². The van der Waals surface area contributed by atoms with E-state index in [9.17, 15) is 0 Å². The highest BCUT2D eigenvalue weighted by Gasteiger charge is 2.28. The molecule has 0 aromatic carbocycles. The van der Waals surface area contributed by atoms with Gasteiger partial charge in [0.05, 0.1) is 0 Å². The molecule has 0 aromatic rings. The smallest absolute Gasteiger partial charge is 0.000978 e. The van der Waals surface area contributed by atoms with Gasteiger partial charge in [-0.25, -0.2) is 0 Å². The Balaban J connectivity index is 1.76. The molecular formula is C11H21N. The molecule has 0 spiro atoms. The first-order valence-electron chi connectivity index (χ1n) is 5.48. The average Bonchev–Trinajstić information content (AvgIpc) is 2.81. The summed E-state index contributed by atoms with van der Waals surface area (Å²) < 4.78 is 0. The fraction of sp³-hybridized carbons (Fsp3) is 1.00. The molecule has 2 fully saturated rings. The topological polar surface area (TPSA) is 3.24 Å². The molecule has 2 atom stereocenters. The predicted octanol–water partition coefficient (Wildman–Crippen LogP) is 2.37. The molecule has 0 aromatic heterocycles.